The Morgan fingerprint density at radius 3 is 1.55 bits per heavy atom. The zero-order chi connectivity index (χ0) is 29.9. The Kier molecular flexibility index (Phi) is 14.8. The fourth-order valence-electron chi connectivity index (χ4n) is 3.56. The maximum absolute atomic E-state index is 13.0. The Morgan fingerprint density at radius 2 is 1.16 bits per heavy atom. The highest BCUT2D eigenvalue weighted by atomic mass is 16.4. The molecule has 0 heterocycles. The van der Waals surface area contributed by atoms with E-state index in [9.17, 15) is 33.9 Å². The number of hydrogen-bond donors (Lipinski definition) is 6. The van der Waals surface area contributed by atoms with Gasteiger partial charge < -0.3 is 32.1 Å². The Labute approximate surface area is 225 Å². The van der Waals surface area contributed by atoms with E-state index in [0.29, 0.717) is 0 Å². The Balaban J connectivity index is 5.59. The number of hydrogen-bond acceptors (Lipinski definition) is 7. The highest BCUT2D eigenvalue weighted by Gasteiger charge is 2.34. The van der Waals surface area contributed by atoms with Gasteiger partial charge in [-0.05, 0) is 36.5 Å². The van der Waals surface area contributed by atoms with Gasteiger partial charge in [0.2, 0.25) is 23.5 Å². The van der Waals surface area contributed by atoms with Crippen LogP contribution in [0.1, 0.15) is 75.2 Å². The number of ketones is 1. The summed E-state index contributed by atoms with van der Waals surface area (Å²) < 4.78 is 0. The van der Waals surface area contributed by atoms with Crippen LogP contribution in [0.25, 0.3) is 0 Å². The quantitative estimate of drug-likeness (QED) is 0.150. The van der Waals surface area contributed by atoms with Crippen molar-refractivity contribution >= 4 is 35.4 Å². The zero-order valence-corrected chi connectivity index (χ0v) is 24.1. The summed E-state index contributed by atoms with van der Waals surface area (Å²) in [6, 6.07) is -5.33. The van der Waals surface area contributed by atoms with Crippen LogP contribution in [-0.4, -0.2) is 70.7 Å². The zero-order valence-electron chi connectivity index (χ0n) is 24.1. The minimum Gasteiger partial charge on any atom is -0.480 e. The van der Waals surface area contributed by atoms with Crippen molar-refractivity contribution in [3.8, 4) is 0 Å². The van der Waals surface area contributed by atoms with Crippen molar-refractivity contribution in [3.05, 3.63) is 0 Å². The summed E-state index contributed by atoms with van der Waals surface area (Å²) in [6.45, 7) is 15.5. The lowest BCUT2D eigenvalue weighted by atomic mass is 9.99. The fourth-order valence-corrected chi connectivity index (χ4v) is 3.56. The topological polar surface area (TPSA) is 197 Å². The number of aliphatic carboxylic acids is 1. The van der Waals surface area contributed by atoms with Crippen molar-refractivity contribution in [1.82, 2.24) is 21.3 Å². The molecule has 0 aliphatic carbocycles. The lowest BCUT2D eigenvalue weighted by Crippen LogP contribution is -2.59. The molecule has 0 rings (SSSR count). The van der Waals surface area contributed by atoms with Crippen molar-refractivity contribution in [2.24, 2.45) is 29.4 Å². The third kappa shape index (κ3) is 11.2. The third-order valence-corrected chi connectivity index (χ3v) is 6.09. The van der Waals surface area contributed by atoms with Gasteiger partial charge in [-0.25, -0.2) is 4.79 Å². The summed E-state index contributed by atoms with van der Waals surface area (Å²) in [5, 5.41) is 19.3. The van der Waals surface area contributed by atoms with Gasteiger partial charge >= 0.3 is 5.97 Å². The van der Waals surface area contributed by atoms with Gasteiger partial charge in [-0.15, -0.1) is 0 Å². The molecule has 0 bridgehead atoms. The van der Waals surface area contributed by atoms with Crippen LogP contribution >= 0.6 is 0 Å². The van der Waals surface area contributed by atoms with E-state index in [1.807, 2.05) is 13.8 Å². The van der Waals surface area contributed by atoms with Crippen molar-refractivity contribution in [3.63, 3.8) is 0 Å². The van der Waals surface area contributed by atoms with E-state index in [1.165, 1.54) is 0 Å². The predicted octanol–water partition coefficient (Wildman–Crippen LogP) is 0.331. The van der Waals surface area contributed by atoms with E-state index >= 15 is 0 Å². The minimum absolute atomic E-state index is 0.0576. The average Bonchev–Trinajstić information content (AvgIpc) is 2.81. The molecular formula is C26H47N5O7. The number of carboxylic acids is 1. The summed E-state index contributed by atoms with van der Waals surface area (Å²) in [6.07, 6.45) is 0.244. The van der Waals surface area contributed by atoms with Crippen LogP contribution in [0.3, 0.4) is 0 Å². The van der Waals surface area contributed by atoms with Gasteiger partial charge in [-0.3, -0.25) is 24.0 Å². The average molecular weight is 542 g/mol. The van der Waals surface area contributed by atoms with Gasteiger partial charge in [0, 0.05) is 0 Å². The van der Waals surface area contributed by atoms with Crippen molar-refractivity contribution in [2.75, 3.05) is 0 Å². The third-order valence-electron chi connectivity index (χ3n) is 6.09. The van der Waals surface area contributed by atoms with Crippen molar-refractivity contribution < 1.29 is 33.9 Å². The molecule has 12 heteroatoms. The van der Waals surface area contributed by atoms with Crippen LogP contribution in [0, 0.1) is 23.7 Å². The second-order valence-corrected chi connectivity index (χ2v) is 11.1. The molecule has 0 aromatic heterocycles. The fraction of sp³-hybridized carbons (Fsp3) is 0.769. The molecule has 5 unspecified atom stereocenters. The van der Waals surface area contributed by atoms with Crippen LogP contribution < -0.4 is 27.0 Å². The van der Waals surface area contributed by atoms with Gasteiger partial charge in [0.15, 0.2) is 0 Å². The van der Waals surface area contributed by atoms with Crippen molar-refractivity contribution in [2.45, 2.75) is 105 Å². The smallest absolute Gasteiger partial charge is 0.326 e. The monoisotopic (exact) mass is 541 g/mol. The van der Waals surface area contributed by atoms with Crippen LogP contribution in [-0.2, 0) is 28.8 Å². The second kappa shape index (κ2) is 16.1. The van der Waals surface area contributed by atoms with Crippen LogP contribution in [0.15, 0.2) is 0 Å². The summed E-state index contributed by atoms with van der Waals surface area (Å²) >= 11 is 0. The predicted molar refractivity (Wildman–Crippen MR) is 143 cm³/mol. The number of nitrogens with one attached hydrogen (secondary N) is 4. The Morgan fingerprint density at radius 1 is 0.658 bits per heavy atom. The van der Waals surface area contributed by atoms with E-state index in [4.69, 9.17) is 5.73 Å². The largest absolute Gasteiger partial charge is 0.480 e. The molecule has 38 heavy (non-hydrogen) atoms. The first-order valence-electron chi connectivity index (χ1n) is 13.2. The first kappa shape index (κ1) is 35.0. The van der Waals surface area contributed by atoms with Crippen molar-refractivity contribution in [1.29, 1.82) is 0 Å². The molecule has 12 nitrogen and oxygen atoms in total. The van der Waals surface area contributed by atoms with Gasteiger partial charge in [0.25, 0.3) is 5.91 Å². The normalized spacial score (nSPS) is 15.4. The molecule has 0 radical (unpaired) electrons. The molecule has 0 aromatic rings. The van der Waals surface area contributed by atoms with Crippen LogP contribution in [0.5, 0.6) is 0 Å². The van der Waals surface area contributed by atoms with Crippen LogP contribution in [0.4, 0.5) is 0 Å². The number of amides is 4. The van der Waals surface area contributed by atoms with Gasteiger partial charge in [-0.2, -0.15) is 0 Å². The number of carboxylic acid groups (broad SMARTS) is 1. The molecule has 0 spiro atoms. The van der Waals surface area contributed by atoms with E-state index in [2.05, 4.69) is 21.3 Å². The minimum atomic E-state index is -1.21. The van der Waals surface area contributed by atoms with E-state index in [-0.39, 0.29) is 30.6 Å². The molecular weight excluding hydrogens is 494 g/mol. The van der Waals surface area contributed by atoms with E-state index in [1.54, 1.807) is 48.5 Å². The molecule has 218 valence electrons. The summed E-state index contributed by atoms with van der Waals surface area (Å²) in [4.78, 5) is 75.5. The first-order valence-corrected chi connectivity index (χ1v) is 13.2. The lowest BCUT2D eigenvalue weighted by Gasteiger charge is -2.27. The highest BCUT2D eigenvalue weighted by molar-refractivity contribution is 6.38. The molecule has 0 aliphatic heterocycles. The van der Waals surface area contributed by atoms with E-state index < -0.39 is 71.5 Å². The molecule has 0 aromatic carbocycles. The molecule has 0 saturated heterocycles. The number of rotatable bonds is 16. The number of carbonyl (C=O) groups is 6. The summed E-state index contributed by atoms with van der Waals surface area (Å²) in [7, 11) is 0. The maximum Gasteiger partial charge on any atom is 0.326 e. The highest BCUT2D eigenvalue weighted by Crippen LogP contribution is 2.10. The van der Waals surface area contributed by atoms with Gasteiger partial charge in [0.1, 0.15) is 18.1 Å². The molecule has 5 atom stereocenters. The number of carbonyl (C=O) groups excluding carboxylic acids is 5. The number of Topliss-reactive ketones (excluding diaryl/α,β-unsaturated/α-hetero) is 1. The van der Waals surface area contributed by atoms with Crippen LogP contribution in [0.2, 0.25) is 0 Å². The van der Waals surface area contributed by atoms with Gasteiger partial charge in [-0.1, -0.05) is 62.3 Å². The molecule has 0 saturated carbocycles. The van der Waals surface area contributed by atoms with E-state index in [0.717, 1.165) is 0 Å². The van der Waals surface area contributed by atoms with Gasteiger partial charge in [0.05, 0.1) is 12.1 Å². The lowest BCUT2D eigenvalue weighted by molar-refractivity contribution is -0.144. The number of nitrogens with two attached hydrogens (primary N) is 1. The standard InChI is InChI=1S/C26H47N5O7/c1-10-16(28-24(35)19(14(6)7)30-23(34)18(27)13(4)5)21(32)25(36)29-17(11-12(2)3)22(33)31-20(15(8)9)26(37)38/h12-20H,10-11,27H2,1-9H3,(H,28,35)(H,29,36)(H,30,34)(H,31,33)(H,37,38). The molecule has 0 fully saturated rings. The molecule has 4 amide bonds. The Hall–Kier alpha value is -3.02. The summed E-state index contributed by atoms with van der Waals surface area (Å²) in [5.74, 6) is -6.07. The second-order valence-electron chi connectivity index (χ2n) is 11.1. The SMILES string of the molecule is CCC(NC(=O)C(NC(=O)C(N)C(C)C)C(C)C)C(=O)C(=O)NC(CC(C)C)C(=O)NC(C(=O)O)C(C)C. The Bertz CT molecular complexity index is 857. The maximum atomic E-state index is 13.0. The first-order chi connectivity index (χ1) is 17.4. The molecule has 0 aliphatic rings. The molecule has 7 N–H and O–H groups in total. The summed E-state index contributed by atoms with van der Waals surface area (Å²) in [5.41, 5.74) is 5.88.